The molecular formula is C13H18ClNO3S2. The molecule has 1 aromatic heterocycles. The standard InChI is InChI=1S/C13H18ClNO3S2/c1-9-7-13(19-12(9)8-14)20(16,17)15-5-6-18-11-4-2-3-10(11)15/h7,10-11H,2-6,8H2,1H3. The number of alkyl halides is 1. The highest BCUT2D eigenvalue weighted by Crippen LogP contribution is 2.36. The predicted octanol–water partition coefficient (Wildman–Crippen LogP) is 2.74. The van der Waals surface area contributed by atoms with Crippen molar-refractivity contribution in [3.63, 3.8) is 0 Å². The highest BCUT2D eigenvalue weighted by Gasteiger charge is 2.42. The summed E-state index contributed by atoms with van der Waals surface area (Å²) in [6, 6.07) is 1.76. The fourth-order valence-electron chi connectivity index (χ4n) is 3.05. The Morgan fingerprint density at radius 2 is 2.30 bits per heavy atom. The largest absolute Gasteiger partial charge is 0.375 e. The smallest absolute Gasteiger partial charge is 0.252 e. The molecule has 0 spiro atoms. The number of sulfonamides is 1. The second-order valence-electron chi connectivity index (χ2n) is 5.33. The zero-order valence-electron chi connectivity index (χ0n) is 11.3. The minimum absolute atomic E-state index is 0.00982. The number of aryl methyl sites for hydroxylation is 1. The maximum atomic E-state index is 12.8. The van der Waals surface area contributed by atoms with Crippen molar-refractivity contribution in [2.45, 2.75) is 48.4 Å². The fraction of sp³-hybridized carbons (Fsp3) is 0.692. The summed E-state index contributed by atoms with van der Waals surface area (Å²) >= 11 is 7.14. The van der Waals surface area contributed by atoms with E-state index in [4.69, 9.17) is 16.3 Å². The number of nitrogens with zero attached hydrogens (tertiary/aromatic N) is 1. The third-order valence-electron chi connectivity index (χ3n) is 4.11. The van der Waals surface area contributed by atoms with E-state index in [1.54, 1.807) is 10.4 Å². The summed E-state index contributed by atoms with van der Waals surface area (Å²) in [5.41, 5.74) is 0.958. The molecule has 1 aromatic rings. The van der Waals surface area contributed by atoms with Crippen LogP contribution in [-0.2, 0) is 20.6 Å². The molecule has 1 saturated heterocycles. The Morgan fingerprint density at radius 1 is 1.50 bits per heavy atom. The monoisotopic (exact) mass is 335 g/mol. The van der Waals surface area contributed by atoms with Gasteiger partial charge in [-0.1, -0.05) is 0 Å². The van der Waals surface area contributed by atoms with Crippen molar-refractivity contribution in [2.75, 3.05) is 13.2 Å². The topological polar surface area (TPSA) is 46.6 Å². The Kier molecular flexibility index (Phi) is 4.12. The second-order valence-corrected chi connectivity index (χ2v) is 8.85. The Morgan fingerprint density at radius 3 is 3.00 bits per heavy atom. The van der Waals surface area contributed by atoms with Crippen LogP contribution in [-0.4, -0.2) is 38.0 Å². The van der Waals surface area contributed by atoms with E-state index in [1.807, 2.05) is 6.92 Å². The lowest BCUT2D eigenvalue weighted by atomic mass is 10.2. The molecule has 1 saturated carbocycles. The Labute approximate surface area is 128 Å². The Bertz CT molecular complexity index is 599. The highest BCUT2D eigenvalue weighted by atomic mass is 35.5. The third kappa shape index (κ3) is 2.41. The average molecular weight is 336 g/mol. The van der Waals surface area contributed by atoms with Crippen LogP contribution in [0.5, 0.6) is 0 Å². The molecule has 20 heavy (non-hydrogen) atoms. The number of morpholine rings is 1. The molecule has 4 nitrogen and oxygen atoms in total. The van der Waals surface area contributed by atoms with Gasteiger partial charge in [-0.2, -0.15) is 4.31 Å². The van der Waals surface area contributed by atoms with Crippen LogP contribution in [0.25, 0.3) is 0 Å². The molecule has 112 valence electrons. The van der Waals surface area contributed by atoms with E-state index in [0.29, 0.717) is 23.2 Å². The fourth-order valence-corrected chi connectivity index (χ4v) is 6.66. The van der Waals surface area contributed by atoms with Crippen molar-refractivity contribution >= 4 is 33.0 Å². The van der Waals surface area contributed by atoms with Gasteiger partial charge in [-0.3, -0.25) is 0 Å². The van der Waals surface area contributed by atoms with Gasteiger partial charge in [0.15, 0.2) is 0 Å². The lowest BCUT2D eigenvalue weighted by molar-refractivity contribution is -0.0241. The summed E-state index contributed by atoms with van der Waals surface area (Å²) in [4.78, 5) is 0.932. The van der Waals surface area contributed by atoms with Crippen LogP contribution in [0.4, 0.5) is 0 Å². The summed E-state index contributed by atoms with van der Waals surface area (Å²) in [6.07, 6.45) is 2.98. The molecule has 1 aliphatic heterocycles. The number of rotatable bonds is 3. The second kappa shape index (κ2) is 5.57. The molecule has 0 radical (unpaired) electrons. The maximum absolute atomic E-state index is 12.8. The predicted molar refractivity (Wildman–Crippen MR) is 79.9 cm³/mol. The van der Waals surface area contributed by atoms with Crippen molar-refractivity contribution in [3.05, 3.63) is 16.5 Å². The number of hydrogen-bond acceptors (Lipinski definition) is 4. The van der Waals surface area contributed by atoms with Crippen molar-refractivity contribution in [2.24, 2.45) is 0 Å². The molecule has 0 N–H and O–H groups in total. The number of halogens is 1. The van der Waals surface area contributed by atoms with Gasteiger partial charge in [0.25, 0.3) is 10.0 Å². The Hall–Kier alpha value is -0.140. The van der Waals surface area contributed by atoms with E-state index < -0.39 is 10.0 Å². The van der Waals surface area contributed by atoms with Gasteiger partial charge in [0.2, 0.25) is 0 Å². The van der Waals surface area contributed by atoms with Gasteiger partial charge in [-0.05, 0) is 37.8 Å². The maximum Gasteiger partial charge on any atom is 0.252 e. The van der Waals surface area contributed by atoms with Crippen molar-refractivity contribution in [3.8, 4) is 0 Å². The van der Waals surface area contributed by atoms with E-state index in [0.717, 1.165) is 29.7 Å². The van der Waals surface area contributed by atoms with Gasteiger partial charge in [0.1, 0.15) is 4.21 Å². The molecule has 7 heteroatoms. The first-order valence-corrected chi connectivity index (χ1v) is 9.62. The molecule has 2 heterocycles. The van der Waals surface area contributed by atoms with E-state index in [9.17, 15) is 8.42 Å². The zero-order valence-corrected chi connectivity index (χ0v) is 13.7. The van der Waals surface area contributed by atoms with E-state index in [-0.39, 0.29) is 12.1 Å². The van der Waals surface area contributed by atoms with Crippen LogP contribution in [0.15, 0.2) is 10.3 Å². The molecule has 3 rings (SSSR count). The number of ether oxygens (including phenoxy) is 1. The van der Waals surface area contributed by atoms with Crippen LogP contribution in [0.3, 0.4) is 0 Å². The van der Waals surface area contributed by atoms with Crippen molar-refractivity contribution < 1.29 is 13.2 Å². The quantitative estimate of drug-likeness (QED) is 0.798. The minimum Gasteiger partial charge on any atom is -0.375 e. The van der Waals surface area contributed by atoms with Crippen LogP contribution >= 0.6 is 22.9 Å². The SMILES string of the molecule is Cc1cc(S(=O)(=O)N2CCOC3CCCC32)sc1CCl. The summed E-state index contributed by atoms with van der Waals surface area (Å²) in [6.45, 7) is 2.86. The van der Waals surface area contributed by atoms with Gasteiger partial charge in [0.05, 0.1) is 24.6 Å². The lowest BCUT2D eigenvalue weighted by Gasteiger charge is -2.36. The molecular weight excluding hydrogens is 318 g/mol. The summed E-state index contributed by atoms with van der Waals surface area (Å²) < 4.78 is 33.5. The first kappa shape index (κ1) is 14.8. The van der Waals surface area contributed by atoms with Crippen LogP contribution in [0, 0.1) is 6.92 Å². The molecule has 2 unspecified atom stereocenters. The molecule has 2 aliphatic rings. The van der Waals surface area contributed by atoms with E-state index in [2.05, 4.69) is 0 Å². The molecule has 0 amide bonds. The summed E-state index contributed by atoms with van der Waals surface area (Å²) in [5.74, 6) is 0.362. The van der Waals surface area contributed by atoms with Crippen molar-refractivity contribution in [1.29, 1.82) is 0 Å². The summed E-state index contributed by atoms with van der Waals surface area (Å²) in [5, 5.41) is 0. The van der Waals surface area contributed by atoms with Crippen LogP contribution in [0.2, 0.25) is 0 Å². The van der Waals surface area contributed by atoms with Crippen LogP contribution in [0.1, 0.15) is 29.7 Å². The first-order valence-electron chi connectivity index (χ1n) is 6.83. The minimum atomic E-state index is -3.41. The normalized spacial score (nSPS) is 27.7. The van der Waals surface area contributed by atoms with Gasteiger partial charge >= 0.3 is 0 Å². The number of fused-ring (bicyclic) bond motifs is 1. The number of hydrogen-bond donors (Lipinski definition) is 0. The molecule has 0 aromatic carbocycles. The molecule has 0 bridgehead atoms. The van der Waals surface area contributed by atoms with Gasteiger partial charge < -0.3 is 4.74 Å². The van der Waals surface area contributed by atoms with E-state index in [1.165, 1.54) is 11.3 Å². The van der Waals surface area contributed by atoms with E-state index >= 15 is 0 Å². The first-order chi connectivity index (χ1) is 9.54. The van der Waals surface area contributed by atoms with Gasteiger partial charge in [0, 0.05) is 11.4 Å². The van der Waals surface area contributed by atoms with Crippen molar-refractivity contribution in [1.82, 2.24) is 4.31 Å². The lowest BCUT2D eigenvalue weighted by Crippen LogP contribution is -2.50. The molecule has 1 aliphatic carbocycles. The average Bonchev–Trinajstić information content (AvgIpc) is 3.04. The third-order valence-corrected chi connectivity index (χ3v) is 8.15. The van der Waals surface area contributed by atoms with Crippen LogP contribution < -0.4 is 0 Å². The Balaban J connectivity index is 1.94. The molecule has 2 fully saturated rings. The van der Waals surface area contributed by atoms with Gasteiger partial charge in [-0.25, -0.2) is 8.42 Å². The summed E-state index contributed by atoms with van der Waals surface area (Å²) in [7, 11) is -3.41. The number of thiophene rings is 1. The highest BCUT2D eigenvalue weighted by molar-refractivity contribution is 7.91. The van der Waals surface area contributed by atoms with Gasteiger partial charge in [-0.15, -0.1) is 22.9 Å². The molecule has 2 atom stereocenters. The zero-order chi connectivity index (χ0) is 14.3.